The number of carbonyl (C=O) groups is 3. The van der Waals surface area contributed by atoms with Crippen LogP contribution >= 0.6 is 0 Å². The Hall–Kier alpha value is -2.77. The van der Waals surface area contributed by atoms with Crippen molar-refractivity contribution in [3.63, 3.8) is 0 Å². The maximum atomic E-state index is 12.0. The van der Waals surface area contributed by atoms with Crippen molar-refractivity contribution in [2.24, 2.45) is 0 Å². The van der Waals surface area contributed by atoms with Gasteiger partial charge in [-0.1, -0.05) is 0 Å². The van der Waals surface area contributed by atoms with Gasteiger partial charge in [0.1, 0.15) is 17.1 Å². The Morgan fingerprint density at radius 3 is 2.43 bits per heavy atom. The first-order valence-corrected chi connectivity index (χ1v) is 6.76. The third-order valence-electron chi connectivity index (χ3n) is 3.04. The second-order valence-electron chi connectivity index (χ2n) is 4.57. The van der Waals surface area contributed by atoms with Gasteiger partial charge in [-0.25, -0.2) is 4.79 Å². The van der Waals surface area contributed by atoms with Crippen molar-refractivity contribution in [2.45, 2.75) is 0 Å². The molecule has 1 rings (SSSR count). The Morgan fingerprint density at radius 1 is 1.17 bits per heavy atom. The van der Waals surface area contributed by atoms with Gasteiger partial charge in [0.2, 0.25) is 5.91 Å². The van der Waals surface area contributed by atoms with Crippen LogP contribution in [0.1, 0.15) is 10.4 Å². The van der Waals surface area contributed by atoms with Crippen LogP contribution in [-0.4, -0.2) is 64.2 Å². The number of amides is 2. The van der Waals surface area contributed by atoms with Gasteiger partial charge in [-0.3, -0.25) is 9.59 Å². The number of hydrogen-bond donors (Lipinski definition) is 1. The first kappa shape index (κ1) is 18.3. The molecular formula is C15H20N2O6. The Balaban J connectivity index is 2.66. The van der Waals surface area contributed by atoms with Crippen LogP contribution in [0.5, 0.6) is 11.5 Å². The van der Waals surface area contributed by atoms with Gasteiger partial charge in [0.15, 0.2) is 6.61 Å². The lowest BCUT2D eigenvalue weighted by Crippen LogP contribution is -2.39. The molecule has 0 radical (unpaired) electrons. The lowest BCUT2D eigenvalue weighted by molar-refractivity contribution is -0.137. The Labute approximate surface area is 134 Å². The largest absolute Gasteiger partial charge is 0.497 e. The summed E-state index contributed by atoms with van der Waals surface area (Å²) in [5, 5.41) is 2.40. The van der Waals surface area contributed by atoms with Crippen LogP contribution in [-0.2, 0) is 14.3 Å². The van der Waals surface area contributed by atoms with E-state index < -0.39 is 18.5 Å². The van der Waals surface area contributed by atoms with Crippen LogP contribution in [0.3, 0.4) is 0 Å². The second-order valence-corrected chi connectivity index (χ2v) is 4.57. The molecule has 1 N–H and O–H groups in total. The number of ether oxygens (including phenoxy) is 3. The Morgan fingerprint density at radius 2 is 1.87 bits per heavy atom. The maximum absolute atomic E-state index is 12.0. The molecule has 0 saturated heterocycles. The van der Waals surface area contributed by atoms with Crippen molar-refractivity contribution in [1.29, 1.82) is 0 Å². The average molecular weight is 324 g/mol. The predicted octanol–water partition coefficient (Wildman–Crippen LogP) is 0.0650. The minimum atomic E-state index is -0.703. The summed E-state index contributed by atoms with van der Waals surface area (Å²) < 4.78 is 15.1. The standard InChI is InChI=1S/C15H20N2O6/c1-16-13(18)8-17(2)14(19)9-23-15(20)11-6-5-10(21-3)7-12(11)22-4/h5-7H,8-9H2,1-4H3,(H,16,18). The molecular weight excluding hydrogens is 304 g/mol. The maximum Gasteiger partial charge on any atom is 0.342 e. The number of esters is 1. The van der Waals surface area contributed by atoms with E-state index in [-0.39, 0.29) is 23.8 Å². The highest BCUT2D eigenvalue weighted by molar-refractivity contribution is 5.94. The average Bonchev–Trinajstić information content (AvgIpc) is 2.58. The summed E-state index contributed by atoms with van der Waals surface area (Å²) in [6, 6.07) is 4.60. The van der Waals surface area contributed by atoms with E-state index in [1.54, 1.807) is 6.07 Å². The number of rotatable bonds is 7. The topological polar surface area (TPSA) is 94.2 Å². The van der Waals surface area contributed by atoms with E-state index in [0.29, 0.717) is 5.75 Å². The smallest absolute Gasteiger partial charge is 0.342 e. The van der Waals surface area contributed by atoms with Crippen LogP contribution < -0.4 is 14.8 Å². The highest BCUT2D eigenvalue weighted by Gasteiger charge is 2.18. The van der Waals surface area contributed by atoms with Crippen LogP contribution in [0, 0.1) is 0 Å². The fourth-order valence-electron chi connectivity index (χ4n) is 1.67. The van der Waals surface area contributed by atoms with Gasteiger partial charge in [-0.05, 0) is 12.1 Å². The number of nitrogens with one attached hydrogen (secondary N) is 1. The Bertz CT molecular complexity index is 587. The monoisotopic (exact) mass is 324 g/mol. The van der Waals surface area contributed by atoms with Gasteiger partial charge >= 0.3 is 5.97 Å². The van der Waals surface area contributed by atoms with Crippen molar-refractivity contribution in [2.75, 3.05) is 41.5 Å². The van der Waals surface area contributed by atoms with Crippen LogP contribution in [0.25, 0.3) is 0 Å². The highest BCUT2D eigenvalue weighted by Crippen LogP contribution is 2.25. The van der Waals surface area contributed by atoms with Gasteiger partial charge in [0.05, 0.1) is 20.8 Å². The van der Waals surface area contributed by atoms with Gasteiger partial charge in [0, 0.05) is 20.2 Å². The van der Waals surface area contributed by atoms with E-state index in [2.05, 4.69) is 5.32 Å². The predicted molar refractivity (Wildman–Crippen MR) is 81.5 cm³/mol. The fraction of sp³-hybridized carbons (Fsp3) is 0.400. The second kappa shape index (κ2) is 8.62. The summed E-state index contributed by atoms with van der Waals surface area (Å²) >= 11 is 0. The van der Waals surface area contributed by atoms with Crippen molar-refractivity contribution in [3.8, 4) is 11.5 Å². The zero-order valence-corrected chi connectivity index (χ0v) is 13.5. The highest BCUT2D eigenvalue weighted by atomic mass is 16.5. The molecule has 0 aliphatic heterocycles. The number of methoxy groups -OCH3 is 2. The molecule has 2 amide bonds. The zero-order valence-electron chi connectivity index (χ0n) is 13.5. The van der Waals surface area contributed by atoms with E-state index in [0.717, 1.165) is 4.90 Å². The molecule has 0 saturated carbocycles. The molecule has 0 fully saturated rings. The Kier molecular flexibility index (Phi) is 6.85. The number of carbonyl (C=O) groups excluding carboxylic acids is 3. The molecule has 23 heavy (non-hydrogen) atoms. The molecule has 126 valence electrons. The number of likely N-dealkylation sites (N-methyl/N-ethyl adjacent to an activating group) is 2. The van der Waals surface area contributed by atoms with Gasteiger partial charge in [-0.2, -0.15) is 0 Å². The first-order valence-electron chi connectivity index (χ1n) is 6.76. The summed E-state index contributed by atoms with van der Waals surface area (Å²) in [4.78, 5) is 36.2. The van der Waals surface area contributed by atoms with Crippen molar-refractivity contribution in [3.05, 3.63) is 23.8 Å². The first-order chi connectivity index (χ1) is 10.9. The van der Waals surface area contributed by atoms with Gasteiger partial charge in [-0.15, -0.1) is 0 Å². The summed E-state index contributed by atoms with van der Waals surface area (Å²) in [6.45, 7) is -0.583. The number of nitrogens with zero attached hydrogens (tertiary/aromatic N) is 1. The molecule has 0 aromatic heterocycles. The van der Waals surface area contributed by atoms with E-state index in [9.17, 15) is 14.4 Å². The molecule has 8 nitrogen and oxygen atoms in total. The number of hydrogen-bond acceptors (Lipinski definition) is 6. The molecule has 0 atom stereocenters. The minimum absolute atomic E-state index is 0.112. The van der Waals surface area contributed by atoms with Gasteiger partial charge in [0.25, 0.3) is 5.91 Å². The molecule has 1 aromatic rings. The lowest BCUT2D eigenvalue weighted by Gasteiger charge is -2.16. The molecule has 0 aliphatic carbocycles. The van der Waals surface area contributed by atoms with Crippen molar-refractivity contribution in [1.82, 2.24) is 10.2 Å². The molecule has 0 unspecified atom stereocenters. The van der Waals surface area contributed by atoms with Crippen molar-refractivity contribution >= 4 is 17.8 Å². The quantitative estimate of drug-likeness (QED) is 0.713. The molecule has 0 aliphatic rings. The third kappa shape index (κ3) is 5.17. The molecule has 0 bridgehead atoms. The third-order valence-corrected chi connectivity index (χ3v) is 3.04. The molecule has 0 heterocycles. The fourth-order valence-corrected chi connectivity index (χ4v) is 1.67. The minimum Gasteiger partial charge on any atom is -0.497 e. The van der Waals surface area contributed by atoms with Crippen LogP contribution in [0.4, 0.5) is 0 Å². The SMILES string of the molecule is CNC(=O)CN(C)C(=O)COC(=O)c1ccc(OC)cc1OC. The molecule has 1 aromatic carbocycles. The van der Waals surface area contributed by atoms with Crippen molar-refractivity contribution < 1.29 is 28.6 Å². The van der Waals surface area contributed by atoms with Crippen LogP contribution in [0.15, 0.2) is 18.2 Å². The van der Waals surface area contributed by atoms with E-state index in [4.69, 9.17) is 14.2 Å². The number of benzene rings is 1. The summed E-state index contributed by atoms with van der Waals surface area (Å²) in [6.07, 6.45) is 0. The molecule has 8 heteroatoms. The summed E-state index contributed by atoms with van der Waals surface area (Å²) in [5.41, 5.74) is 0.176. The normalized spacial score (nSPS) is 9.74. The van der Waals surface area contributed by atoms with Crippen LogP contribution in [0.2, 0.25) is 0 Å². The van der Waals surface area contributed by atoms with E-state index in [1.807, 2.05) is 0 Å². The lowest BCUT2D eigenvalue weighted by atomic mass is 10.2. The van der Waals surface area contributed by atoms with E-state index in [1.165, 1.54) is 40.4 Å². The summed E-state index contributed by atoms with van der Waals surface area (Å²) in [5.74, 6) is -0.704. The van der Waals surface area contributed by atoms with E-state index >= 15 is 0 Å². The van der Waals surface area contributed by atoms with Gasteiger partial charge < -0.3 is 24.4 Å². The molecule has 0 spiro atoms. The zero-order chi connectivity index (χ0) is 17.4. The summed E-state index contributed by atoms with van der Waals surface area (Å²) in [7, 11) is 5.82.